The normalized spacial score (nSPS) is 25.7. The smallest absolute Gasteiger partial charge is 0.237 e. The number of carbonyl (C=O) groups excluding carboxylic acids is 1. The summed E-state index contributed by atoms with van der Waals surface area (Å²) in [5.74, 6) is -1.07. The van der Waals surface area contributed by atoms with E-state index in [1.807, 2.05) is 0 Å². The van der Waals surface area contributed by atoms with E-state index in [1.165, 1.54) is 24.3 Å². The molecular weight excluding hydrogens is 322 g/mol. The Morgan fingerprint density at radius 2 is 2.00 bits per heavy atom. The van der Waals surface area contributed by atoms with Crippen molar-refractivity contribution in [3.05, 3.63) is 64.2 Å². The van der Waals surface area contributed by atoms with Crippen LogP contribution in [0.15, 0.2) is 36.4 Å². The molecule has 0 unspecified atom stereocenters. The minimum absolute atomic E-state index is 0.00391. The maximum Gasteiger partial charge on any atom is 0.237 e. The van der Waals surface area contributed by atoms with Gasteiger partial charge < -0.3 is 10.6 Å². The lowest BCUT2D eigenvalue weighted by atomic mass is 9.73. The van der Waals surface area contributed by atoms with Gasteiger partial charge in [0.25, 0.3) is 0 Å². The molecule has 6 heteroatoms. The summed E-state index contributed by atoms with van der Waals surface area (Å²) in [6.07, 6.45) is 0.537. The summed E-state index contributed by atoms with van der Waals surface area (Å²) in [5.41, 5.74) is 1.07. The largest absolute Gasteiger partial charge is 0.325 e. The molecule has 2 atom stereocenters. The van der Waals surface area contributed by atoms with Gasteiger partial charge >= 0.3 is 0 Å². The predicted octanol–water partition coefficient (Wildman–Crippen LogP) is 3.54. The Balaban J connectivity index is 1.88. The molecule has 0 aliphatic carbocycles. The topological polar surface area (TPSA) is 41.1 Å². The lowest BCUT2D eigenvalue weighted by molar-refractivity contribution is -0.121. The van der Waals surface area contributed by atoms with Gasteiger partial charge in [-0.25, -0.2) is 8.78 Å². The van der Waals surface area contributed by atoms with Crippen molar-refractivity contribution in [1.29, 1.82) is 0 Å². The summed E-state index contributed by atoms with van der Waals surface area (Å²) in [4.78, 5) is 12.7. The van der Waals surface area contributed by atoms with Gasteiger partial charge in [-0.1, -0.05) is 17.7 Å². The van der Waals surface area contributed by atoms with E-state index >= 15 is 0 Å². The van der Waals surface area contributed by atoms with Crippen molar-refractivity contribution >= 4 is 23.2 Å². The van der Waals surface area contributed by atoms with Gasteiger partial charge in [-0.3, -0.25) is 4.79 Å². The van der Waals surface area contributed by atoms with Crippen LogP contribution < -0.4 is 10.6 Å². The molecule has 118 valence electrons. The fourth-order valence-electron chi connectivity index (χ4n) is 3.71. The van der Waals surface area contributed by atoms with Crippen molar-refractivity contribution in [3.63, 3.8) is 0 Å². The minimum atomic E-state index is -0.904. The summed E-state index contributed by atoms with van der Waals surface area (Å²) < 4.78 is 27.2. The van der Waals surface area contributed by atoms with E-state index in [9.17, 15) is 13.6 Å². The Morgan fingerprint density at radius 1 is 1.17 bits per heavy atom. The second-order valence-electron chi connectivity index (χ2n) is 5.93. The summed E-state index contributed by atoms with van der Waals surface area (Å²) in [6, 6.07) is 8.32. The third-order valence-electron chi connectivity index (χ3n) is 4.75. The summed E-state index contributed by atoms with van der Waals surface area (Å²) in [6.45, 7) is 0.600. The molecule has 2 aromatic carbocycles. The Hall–Kier alpha value is -1.98. The molecule has 2 aromatic rings. The molecule has 1 amide bonds. The third-order valence-corrected chi connectivity index (χ3v) is 5.04. The Bertz CT molecular complexity index is 826. The molecule has 2 heterocycles. The summed E-state index contributed by atoms with van der Waals surface area (Å²) in [7, 11) is 0. The number of halogens is 3. The number of hydrogen-bond donors (Lipinski definition) is 2. The highest BCUT2D eigenvalue weighted by Gasteiger charge is 2.55. The first kappa shape index (κ1) is 14.6. The van der Waals surface area contributed by atoms with Gasteiger partial charge in [0.15, 0.2) is 0 Å². The van der Waals surface area contributed by atoms with Crippen molar-refractivity contribution in [1.82, 2.24) is 5.32 Å². The van der Waals surface area contributed by atoms with Crippen LogP contribution in [0.2, 0.25) is 5.02 Å². The number of carbonyl (C=O) groups is 1. The Kier molecular flexibility index (Phi) is 3.18. The van der Waals surface area contributed by atoms with Gasteiger partial charge in [-0.15, -0.1) is 0 Å². The highest BCUT2D eigenvalue weighted by atomic mass is 35.5. The molecular formula is C17H13ClF2N2O. The molecule has 3 nitrogen and oxygen atoms in total. The van der Waals surface area contributed by atoms with Gasteiger partial charge in [0.1, 0.15) is 11.6 Å². The molecule has 2 aliphatic heterocycles. The van der Waals surface area contributed by atoms with Crippen LogP contribution in [0.3, 0.4) is 0 Å². The second-order valence-corrected chi connectivity index (χ2v) is 6.33. The van der Waals surface area contributed by atoms with E-state index in [4.69, 9.17) is 11.6 Å². The molecule has 0 saturated carbocycles. The van der Waals surface area contributed by atoms with Crippen molar-refractivity contribution in [2.45, 2.75) is 17.9 Å². The molecule has 4 rings (SSSR count). The number of rotatable bonds is 1. The highest BCUT2D eigenvalue weighted by molar-refractivity contribution is 6.30. The van der Waals surface area contributed by atoms with Crippen LogP contribution >= 0.6 is 11.6 Å². The van der Waals surface area contributed by atoms with Crippen LogP contribution in [0.25, 0.3) is 0 Å². The van der Waals surface area contributed by atoms with Crippen molar-refractivity contribution in [2.24, 2.45) is 0 Å². The maximum absolute atomic E-state index is 13.7. The summed E-state index contributed by atoms with van der Waals surface area (Å²) in [5, 5.41) is 6.11. The van der Waals surface area contributed by atoms with E-state index in [1.54, 1.807) is 12.1 Å². The van der Waals surface area contributed by atoms with Crippen LogP contribution in [0.5, 0.6) is 0 Å². The number of nitrogens with one attached hydrogen (secondary N) is 2. The molecule has 1 spiro atoms. The van der Waals surface area contributed by atoms with Crippen LogP contribution in [0.4, 0.5) is 14.5 Å². The van der Waals surface area contributed by atoms with Crippen molar-refractivity contribution in [2.75, 3.05) is 11.9 Å². The number of amides is 1. The molecule has 1 saturated heterocycles. The number of benzene rings is 2. The molecule has 0 radical (unpaired) electrons. The van der Waals surface area contributed by atoms with Gasteiger partial charge in [0.2, 0.25) is 5.91 Å². The zero-order chi connectivity index (χ0) is 16.2. The first-order valence-corrected chi connectivity index (χ1v) is 7.70. The number of anilines is 1. The quantitative estimate of drug-likeness (QED) is 0.837. The average Bonchev–Trinajstić information content (AvgIpc) is 3.07. The van der Waals surface area contributed by atoms with Crippen LogP contribution in [0, 0.1) is 11.6 Å². The zero-order valence-electron chi connectivity index (χ0n) is 12.0. The zero-order valence-corrected chi connectivity index (χ0v) is 12.8. The molecule has 2 aliphatic rings. The first-order valence-electron chi connectivity index (χ1n) is 7.32. The highest BCUT2D eigenvalue weighted by Crippen LogP contribution is 2.51. The fourth-order valence-corrected chi connectivity index (χ4v) is 3.90. The third kappa shape index (κ3) is 2.00. The lowest BCUT2D eigenvalue weighted by Gasteiger charge is -2.29. The number of hydrogen-bond acceptors (Lipinski definition) is 2. The molecule has 0 bridgehead atoms. The van der Waals surface area contributed by atoms with Crippen LogP contribution in [-0.4, -0.2) is 12.5 Å². The Labute approximate surface area is 136 Å². The molecule has 2 N–H and O–H groups in total. The second kappa shape index (κ2) is 5.01. The van der Waals surface area contributed by atoms with E-state index in [0.717, 1.165) is 0 Å². The Morgan fingerprint density at radius 3 is 2.78 bits per heavy atom. The van der Waals surface area contributed by atoms with E-state index in [2.05, 4.69) is 10.6 Å². The van der Waals surface area contributed by atoms with Crippen molar-refractivity contribution in [3.8, 4) is 0 Å². The SMILES string of the molecule is O=C1Nc2ccc(F)cc2[C@]12CCN[C@@H]2c1ccc(F)c(Cl)c1. The molecule has 0 aromatic heterocycles. The van der Waals surface area contributed by atoms with Crippen molar-refractivity contribution < 1.29 is 13.6 Å². The van der Waals surface area contributed by atoms with E-state index in [-0.39, 0.29) is 22.8 Å². The monoisotopic (exact) mass is 334 g/mol. The first-order chi connectivity index (χ1) is 11.0. The van der Waals surface area contributed by atoms with Crippen LogP contribution in [-0.2, 0) is 10.2 Å². The molecule has 1 fully saturated rings. The molecule has 23 heavy (non-hydrogen) atoms. The van der Waals surface area contributed by atoms with Crippen LogP contribution in [0.1, 0.15) is 23.6 Å². The van der Waals surface area contributed by atoms with Gasteiger partial charge in [0, 0.05) is 5.69 Å². The summed E-state index contributed by atoms with van der Waals surface area (Å²) >= 11 is 5.89. The van der Waals surface area contributed by atoms with E-state index < -0.39 is 11.2 Å². The predicted molar refractivity (Wildman–Crippen MR) is 83.5 cm³/mol. The number of fused-ring (bicyclic) bond motifs is 2. The fraction of sp³-hybridized carbons (Fsp3) is 0.235. The maximum atomic E-state index is 13.7. The standard InChI is InChI=1S/C17H13ClF2N2O/c18-12-7-9(1-3-13(12)20)15-17(5-6-21-15)11-8-10(19)2-4-14(11)22-16(17)23/h1-4,7-8,15,21H,5-6H2,(H,22,23)/t15-,17+/m1/s1. The van der Waals surface area contributed by atoms with Gasteiger partial charge in [-0.05, 0) is 54.4 Å². The lowest BCUT2D eigenvalue weighted by Crippen LogP contribution is -2.39. The van der Waals surface area contributed by atoms with E-state index in [0.29, 0.717) is 29.8 Å². The minimum Gasteiger partial charge on any atom is -0.325 e. The average molecular weight is 335 g/mol. The van der Waals surface area contributed by atoms with Gasteiger partial charge in [0.05, 0.1) is 16.5 Å². The van der Waals surface area contributed by atoms with Gasteiger partial charge in [-0.2, -0.15) is 0 Å².